The fraction of sp³-hybridized carbons (Fsp3) is 0.333. The number of anilines is 1. The molecule has 1 N–H and O–H groups in total. The number of para-hydroxylation sites is 2. The van der Waals surface area contributed by atoms with Crippen LogP contribution >= 0.6 is 11.8 Å². The van der Waals surface area contributed by atoms with Crippen molar-refractivity contribution in [2.75, 3.05) is 36.5 Å². The summed E-state index contributed by atoms with van der Waals surface area (Å²) in [6.45, 7) is 1.50. The quantitative estimate of drug-likeness (QED) is 0.641. The molecule has 6 rings (SSSR count). The van der Waals surface area contributed by atoms with Crippen LogP contribution in [0.1, 0.15) is 27.8 Å². The summed E-state index contributed by atoms with van der Waals surface area (Å²) in [5, 5.41) is 1.14. The number of aromatic amines is 1. The highest BCUT2D eigenvalue weighted by Crippen LogP contribution is 2.45. The van der Waals surface area contributed by atoms with E-state index in [0.29, 0.717) is 12.0 Å². The second-order valence-electron chi connectivity index (χ2n) is 8.43. The van der Waals surface area contributed by atoms with Gasteiger partial charge in [-0.05, 0) is 23.8 Å². The van der Waals surface area contributed by atoms with E-state index in [1.54, 1.807) is 0 Å². The van der Waals surface area contributed by atoms with E-state index in [1.807, 2.05) is 65.0 Å². The molecule has 2 atom stereocenters. The lowest BCUT2D eigenvalue weighted by Crippen LogP contribution is -2.61. The van der Waals surface area contributed by atoms with Crippen molar-refractivity contribution in [3.05, 3.63) is 65.4 Å². The fourth-order valence-corrected chi connectivity index (χ4v) is 6.23. The zero-order valence-corrected chi connectivity index (χ0v) is 18.2. The normalized spacial score (nSPS) is 22.9. The van der Waals surface area contributed by atoms with Crippen molar-refractivity contribution in [1.29, 1.82) is 0 Å². The van der Waals surface area contributed by atoms with Crippen LogP contribution in [0.2, 0.25) is 0 Å². The molecule has 1 fully saturated rings. The van der Waals surface area contributed by atoms with Gasteiger partial charge in [0.05, 0.1) is 16.9 Å². The highest BCUT2D eigenvalue weighted by molar-refractivity contribution is 7.99. The number of H-pyrrole nitrogens is 1. The molecule has 0 saturated carbocycles. The summed E-state index contributed by atoms with van der Waals surface area (Å²) in [5.41, 5.74) is 4.79. The van der Waals surface area contributed by atoms with Crippen LogP contribution in [0.4, 0.5) is 5.69 Å². The average Bonchev–Trinajstić information content (AvgIpc) is 3.20. The van der Waals surface area contributed by atoms with Crippen molar-refractivity contribution in [3.63, 3.8) is 0 Å². The van der Waals surface area contributed by atoms with Crippen LogP contribution in [0, 0.1) is 0 Å². The lowest BCUT2D eigenvalue weighted by atomic mass is 9.90. The lowest BCUT2D eigenvalue weighted by molar-refractivity contribution is -0.137. The number of aromatic nitrogens is 1. The molecular formula is C24H24N4O2S. The van der Waals surface area contributed by atoms with Crippen LogP contribution < -0.4 is 4.90 Å². The van der Waals surface area contributed by atoms with Gasteiger partial charge >= 0.3 is 0 Å². The number of fused-ring (bicyclic) bond motifs is 6. The average molecular weight is 433 g/mol. The Morgan fingerprint density at radius 2 is 1.81 bits per heavy atom. The maximum atomic E-state index is 13.7. The number of benzene rings is 2. The first kappa shape index (κ1) is 18.8. The number of amides is 2. The maximum absolute atomic E-state index is 13.7. The number of nitrogens with zero attached hydrogens (tertiary/aromatic N) is 3. The van der Waals surface area contributed by atoms with Gasteiger partial charge in [-0.3, -0.25) is 9.59 Å². The molecule has 2 aromatic carbocycles. The van der Waals surface area contributed by atoms with Crippen LogP contribution in [0.3, 0.4) is 0 Å². The predicted octanol–water partition coefficient (Wildman–Crippen LogP) is 3.26. The molecule has 2 amide bonds. The molecule has 0 aliphatic carbocycles. The molecule has 0 spiro atoms. The minimum Gasteiger partial charge on any atom is -0.355 e. The van der Waals surface area contributed by atoms with E-state index in [4.69, 9.17) is 0 Å². The Hall–Kier alpha value is -2.93. The zero-order valence-electron chi connectivity index (χ0n) is 17.4. The molecule has 158 valence electrons. The van der Waals surface area contributed by atoms with E-state index in [-0.39, 0.29) is 18.0 Å². The number of hydrogen-bond acceptors (Lipinski definition) is 4. The third-order valence-electron chi connectivity index (χ3n) is 6.83. The van der Waals surface area contributed by atoms with Crippen molar-refractivity contribution in [1.82, 2.24) is 14.8 Å². The largest absolute Gasteiger partial charge is 0.355 e. The summed E-state index contributed by atoms with van der Waals surface area (Å²) in [6.07, 6.45) is 0.215. The van der Waals surface area contributed by atoms with Crippen molar-refractivity contribution >= 4 is 40.2 Å². The Morgan fingerprint density at radius 3 is 2.65 bits per heavy atom. The van der Waals surface area contributed by atoms with Crippen molar-refractivity contribution in [2.45, 2.75) is 18.6 Å². The van der Waals surface area contributed by atoms with Gasteiger partial charge in [-0.15, -0.1) is 0 Å². The van der Waals surface area contributed by atoms with Crippen LogP contribution in [0.25, 0.3) is 10.9 Å². The Kier molecular flexibility index (Phi) is 4.28. The van der Waals surface area contributed by atoms with E-state index >= 15 is 0 Å². The molecule has 4 heterocycles. The molecule has 1 saturated heterocycles. The molecule has 1 aromatic heterocycles. The molecule has 3 aliphatic rings. The standard InChI is InChI=1S/C24H24N4O2S/c1-26-19-9-5-3-7-16(19)23(29)28-20(24(30)27-10-12-31-13-11-27)14-17-15-6-2-4-8-18(15)25-21(17)22(26)28/h2-9,20,22,25H,10-14H2,1H3/t20-,22-/m0/s1. The summed E-state index contributed by atoms with van der Waals surface area (Å²) < 4.78 is 0. The molecule has 6 nitrogen and oxygen atoms in total. The van der Waals surface area contributed by atoms with Crippen LogP contribution in [0.5, 0.6) is 0 Å². The number of carbonyl (C=O) groups is 2. The van der Waals surface area contributed by atoms with E-state index in [2.05, 4.69) is 22.0 Å². The Labute approximate surface area is 185 Å². The first-order chi connectivity index (χ1) is 15.1. The van der Waals surface area contributed by atoms with Gasteiger partial charge in [-0.2, -0.15) is 11.8 Å². The van der Waals surface area contributed by atoms with Crippen molar-refractivity contribution in [2.24, 2.45) is 0 Å². The molecule has 0 bridgehead atoms. The van der Waals surface area contributed by atoms with Gasteiger partial charge in [-0.1, -0.05) is 30.3 Å². The number of nitrogens with one attached hydrogen (secondary N) is 1. The lowest BCUT2D eigenvalue weighted by Gasteiger charge is -2.50. The number of carbonyl (C=O) groups excluding carboxylic acids is 2. The molecule has 3 aromatic rings. The van der Waals surface area contributed by atoms with Gasteiger partial charge in [-0.25, -0.2) is 0 Å². The minimum absolute atomic E-state index is 0.0623. The maximum Gasteiger partial charge on any atom is 0.258 e. The van der Waals surface area contributed by atoms with Gasteiger partial charge in [0.25, 0.3) is 5.91 Å². The monoisotopic (exact) mass is 432 g/mol. The third kappa shape index (κ3) is 2.72. The van der Waals surface area contributed by atoms with E-state index in [0.717, 1.165) is 52.4 Å². The van der Waals surface area contributed by atoms with Crippen LogP contribution in [0.15, 0.2) is 48.5 Å². The van der Waals surface area contributed by atoms with E-state index in [9.17, 15) is 9.59 Å². The molecule has 3 aliphatic heterocycles. The molecule has 0 unspecified atom stereocenters. The first-order valence-corrected chi connectivity index (χ1v) is 11.9. The summed E-state index contributed by atoms with van der Waals surface area (Å²) in [7, 11) is 2.02. The Morgan fingerprint density at radius 1 is 1.06 bits per heavy atom. The van der Waals surface area contributed by atoms with Gasteiger partial charge in [0.15, 0.2) is 0 Å². The predicted molar refractivity (Wildman–Crippen MR) is 123 cm³/mol. The smallest absolute Gasteiger partial charge is 0.258 e. The van der Waals surface area contributed by atoms with E-state index in [1.165, 1.54) is 0 Å². The first-order valence-electron chi connectivity index (χ1n) is 10.8. The summed E-state index contributed by atoms with van der Waals surface area (Å²) in [6, 6.07) is 15.4. The molecule has 7 heteroatoms. The SMILES string of the molecule is CN1c2ccccc2C(=O)N2[C@H](C(=O)N3CCSCC3)Cc3c([nH]c4ccccc34)[C@@H]12. The number of thioether (sulfide) groups is 1. The fourth-order valence-electron chi connectivity index (χ4n) is 5.33. The van der Waals surface area contributed by atoms with E-state index < -0.39 is 6.04 Å². The molecular weight excluding hydrogens is 408 g/mol. The topological polar surface area (TPSA) is 59.7 Å². The third-order valence-corrected chi connectivity index (χ3v) is 7.77. The summed E-state index contributed by atoms with van der Waals surface area (Å²) in [5.74, 6) is 1.92. The molecule has 31 heavy (non-hydrogen) atoms. The van der Waals surface area contributed by atoms with Gasteiger partial charge in [0.1, 0.15) is 12.2 Å². The Balaban J connectivity index is 1.54. The van der Waals surface area contributed by atoms with Crippen molar-refractivity contribution in [3.8, 4) is 0 Å². The number of hydrogen-bond donors (Lipinski definition) is 1. The second kappa shape index (κ2) is 7.05. The van der Waals surface area contributed by atoms with Crippen LogP contribution in [-0.2, 0) is 11.2 Å². The molecule has 0 radical (unpaired) electrons. The number of rotatable bonds is 1. The van der Waals surface area contributed by atoms with Crippen LogP contribution in [-0.4, -0.2) is 64.3 Å². The van der Waals surface area contributed by atoms with Gasteiger partial charge < -0.3 is 19.7 Å². The second-order valence-corrected chi connectivity index (χ2v) is 9.66. The highest BCUT2D eigenvalue weighted by Gasteiger charge is 2.49. The highest BCUT2D eigenvalue weighted by atomic mass is 32.2. The van der Waals surface area contributed by atoms with Crippen molar-refractivity contribution < 1.29 is 9.59 Å². The summed E-state index contributed by atoms with van der Waals surface area (Å²) >= 11 is 1.88. The van der Waals surface area contributed by atoms with Gasteiger partial charge in [0, 0.05) is 49.0 Å². The minimum atomic E-state index is -0.497. The van der Waals surface area contributed by atoms with Gasteiger partial charge in [0.2, 0.25) is 5.91 Å². The summed E-state index contributed by atoms with van der Waals surface area (Å²) in [4.78, 5) is 36.9. The Bertz CT molecular complexity index is 1200. The zero-order chi connectivity index (χ0) is 21.1.